The molecule has 0 saturated heterocycles. The summed E-state index contributed by atoms with van der Waals surface area (Å²) >= 11 is 1.63. The zero-order chi connectivity index (χ0) is 14.4. The third-order valence-electron chi connectivity index (χ3n) is 2.36. The molecule has 0 saturated carbocycles. The maximum Gasteiger partial charge on any atom is 0.287 e. The van der Waals surface area contributed by atoms with Crippen LogP contribution in [0, 0.1) is 0 Å². The Hall–Kier alpha value is -1.80. The SMILES string of the molecule is COCc1nc(CNC(=O)c2ccc(CSC)o2)no1. The monoisotopic (exact) mass is 297 g/mol. The van der Waals surface area contributed by atoms with E-state index in [2.05, 4.69) is 15.5 Å². The maximum absolute atomic E-state index is 11.8. The van der Waals surface area contributed by atoms with Gasteiger partial charge in [0.1, 0.15) is 12.4 Å². The molecule has 0 unspecified atom stereocenters. The Balaban J connectivity index is 1.87. The number of thioether (sulfide) groups is 1. The summed E-state index contributed by atoms with van der Waals surface area (Å²) in [5.74, 6) is 2.23. The summed E-state index contributed by atoms with van der Waals surface area (Å²) < 4.78 is 15.2. The molecule has 8 heteroatoms. The molecule has 1 amide bonds. The minimum Gasteiger partial charge on any atom is -0.455 e. The van der Waals surface area contributed by atoms with Gasteiger partial charge in [-0.2, -0.15) is 16.7 Å². The summed E-state index contributed by atoms with van der Waals surface area (Å²) in [6.07, 6.45) is 1.97. The molecule has 2 heterocycles. The van der Waals surface area contributed by atoms with Gasteiger partial charge in [0.05, 0.1) is 12.3 Å². The van der Waals surface area contributed by atoms with Crippen molar-refractivity contribution in [1.82, 2.24) is 15.5 Å². The molecule has 2 rings (SSSR count). The van der Waals surface area contributed by atoms with Gasteiger partial charge < -0.3 is 19.0 Å². The molecule has 1 N–H and O–H groups in total. The first-order chi connectivity index (χ1) is 9.72. The number of carbonyl (C=O) groups is 1. The van der Waals surface area contributed by atoms with E-state index in [0.29, 0.717) is 11.7 Å². The van der Waals surface area contributed by atoms with E-state index in [4.69, 9.17) is 13.7 Å². The van der Waals surface area contributed by atoms with Gasteiger partial charge in [0.15, 0.2) is 11.6 Å². The third-order valence-corrected chi connectivity index (χ3v) is 2.93. The van der Waals surface area contributed by atoms with Crippen LogP contribution >= 0.6 is 11.8 Å². The third kappa shape index (κ3) is 3.84. The number of hydrogen-bond donors (Lipinski definition) is 1. The molecule has 7 nitrogen and oxygen atoms in total. The van der Waals surface area contributed by atoms with E-state index in [1.165, 1.54) is 7.11 Å². The second-order valence-corrected chi connectivity index (χ2v) is 4.79. The van der Waals surface area contributed by atoms with Crippen molar-refractivity contribution in [1.29, 1.82) is 0 Å². The Bertz CT molecular complexity index is 567. The molecular weight excluding hydrogens is 282 g/mol. The summed E-state index contributed by atoms with van der Waals surface area (Å²) in [6.45, 7) is 0.418. The van der Waals surface area contributed by atoms with Crippen molar-refractivity contribution in [3.05, 3.63) is 35.4 Å². The van der Waals surface area contributed by atoms with Crippen LogP contribution in [0.1, 0.15) is 28.0 Å². The van der Waals surface area contributed by atoms with Crippen molar-refractivity contribution < 1.29 is 18.5 Å². The number of nitrogens with zero attached hydrogens (tertiary/aromatic N) is 2. The number of hydrogen-bond acceptors (Lipinski definition) is 7. The van der Waals surface area contributed by atoms with E-state index in [-0.39, 0.29) is 24.8 Å². The lowest BCUT2D eigenvalue weighted by molar-refractivity contribution is 0.0920. The van der Waals surface area contributed by atoms with Crippen LogP contribution in [-0.2, 0) is 23.6 Å². The predicted molar refractivity (Wildman–Crippen MR) is 72.1 cm³/mol. The van der Waals surface area contributed by atoms with Crippen LogP contribution in [0.25, 0.3) is 0 Å². The van der Waals surface area contributed by atoms with Crippen LogP contribution in [0.3, 0.4) is 0 Å². The van der Waals surface area contributed by atoms with E-state index in [0.717, 1.165) is 11.5 Å². The largest absolute Gasteiger partial charge is 0.455 e. The number of methoxy groups -OCH3 is 1. The van der Waals surface area contributed by atoms with Gasteiger partial charge in [-0.25, -0.2) is 0 Å². The average Bonchev–Trinajstić information content (AvgIpc) is 3.06. The number of furan rings is 1. The van der Waals surface area contributed by atoms with Crippen LogP contribution in [0.2, 0.25) is 0 Å². The fraction of sp³-hybridized carbons (Fsp3) is 0.417. The molecule has 108 valence electrons. The molecular formula is C12H15N3O4S. The number of carbonyl (C=O) groups excluding carboxylic acids is 1. The van der Waals surface area contributed by atoms with Gasteiger partial charge in [-0.3, -0.25) is 4.79 Å². The highest BCUT2D eigenvalue weighted by Gasteiger charge is 2.12. The van der Waals surface area contributed by atoms with Crippen LogP contribution in [0.5, 0.6) is 0 Å². The summed E-state index contributed by atoms with van der Waals surface area (Å²) in [6, 6.07) is 3.43. The molecule has 0 radical (unpaired) electrons. The van der Waals surface area contributed by atoms with E-state index >= 15 is 0 Å². The summed E-state index contributed by atoms with van der Waals surface area (Å²) in [5, 5.41) is 6.38. The smallest absolute Gasteiger partial charge is 0.287 e. The predicted octanol–water partition coefficient (Wildman–Crippen LogP) is 1.60. The Morgan fingerprint density at radius 1 is 1.50 bits per heavy atom. The Labute approximate surface area is 120 Å². The molecule has 0 aromatic carbocycles. The number of nitrogens with one attached hydrogen (secondary N) is 1. The van der Waals surface area contributed by atoms with E-state index in [1.54, 1.807) is 23.9 Å². The first-order valence-electron chi connectivity index (χ1n) is 5.89. The van der Waals surface area contributed by atoms with Gasteiger partial charge >= 0.3 is 0 Å². The number of aromatic nitrogens is 2. The summed E-state index contributed by atoms with van der Waals surface area (Å²) in [4.78, 5) is 15.9. The van der Waals surface area contributed by atoms with Crippen LogP contribution in [0.4, 0.5) is 0 Å². The summed E-state index contributed by atoms with van der Waals surface area (Å²) in [5.41, 5.74) is 0. The summed E-state index contributed by atoms with van der Waals surface area (Å²) in [7, 11) is 1.54. The van der Waals surface area contributed by atoms with Gasteiger partial charge in [-0.1, -0.05) is 5.16 Å². The van der Waals surface area contributed by atoms with Crippen molar-refractivity contribution in [2.45, 2.75) is 18.9 Å². The zero-order valence-corrected chi connectivity index (χ0v) is 12.0. The van der Waals surface area contributed by atoms with Crippen LogP contribution in [0.15, 0.2) is 21.1 Å². The van der Waals surface area contributed by atoms with Gasteiger partial charge in [0, 0.05) is 7.11 Å². The van der Waals surface area contributed by atoms with Crippen LogP contribution < -0.4 is 5.32 Å². The normalized spacial score (nSPS) is 10.7. The Morgan fingerprint density at radius 3 is 3.10 bits per heavy atom. The highest BCUT2D eigenvalue weighted by Crippen LogP contribution is 2.13. The minimum atomic E-state index is -0.310. The molecule has 2 aromatic heterocycles. The van der Waals surface area contributed by atoms with Gasteiger partial charge in [0.2, 0.25) is 0 Å². The first-order valence-corrected chi connectivity index (χ1v) is 7.28. The van der Waals surface area contributed by atoms with Crippen molar-refractivity contribution in [3.8, 4) is 0 Å². The van der Waals surface area contributed by atoms with Crippen molar-refractivity contribution in [3.63, 3.8) is 0 Å². The average molecular weight is 297 g/mol. The second-order valence-electron chi connectivity index (χ2n) is 3.92. The van der Waals surface area contributed by atoms with E-state index < -0.39 is 0 Å². The Morgan fingerprint density at radius 2 is 2.35 bits per heavy atom. The fourth-order valence-electron chi connectivity index (χ4n) is 1.51. The van der Waals surface area contributed by atoms with E-state index in [9.17, 15) is 4.79 Å². The molecule has 0 fully saturated rings. The molecule has 0 atom stereocenters. The molecule has 0 bridgehead atoms. The van der Waals surface area contributed by atoms with Gasteiger partial charge in [-0.15, -0.1) is 0 Å². The molecule has 0 aliphatic carbocycles. The first kappa shape index (κ1) is 14.6. The van der Waals surface area contributed by atoms with Gasteiger partial charge in [0.25, 0.3) is 11.8 Å². The van der Waals surface area contributed by atoms with Crippen molar-refractivity contribution in [2.75, 3.05) is 13.4 Å². The Kier molecular flexibility index (Phi) is 5.19. The topological polar surface area (TPSA) is 90.4 Å². The molecule has 0 spiro atoms. The van der Waals surface area contributed by atoms with Crippen molar-refractivity contribution >= 4 is 17.7 Å². The quantitative estimate of drug-likeness (QED) is 0.830. The number of ether oxygens (including phenoxy) is 1. The van der Waals surface area contributed by atoms with E-state index in [1.807, 2.05) is 6.26 Å². The number of rotatable bonds is 7. The zero-order valence-electron chi connectivity index (χ0n) is 11.2. The molecule has 20 heavy (non-hydrogen) atoms. The second kappa shape index (κ2) is 7.11. The lowest BCUT2D eigenvalue weighted by atomic mass is 10.4. The lowest BCUT2D eigenvalue weighted by Gasteiger charge is -1.98. The van der Waals surface area contributed by atoms with Gasteiger partial charge in [-0.05, 0) is 18.4 Å². The lowest BCUT2D eigenvalue weighted by Crippen LogP contribution is -2.22. The molecule has 2 aromatic rings. The molecule has 0 aliphatic rings. The van der Waals surface area contributed by atoms with Crippen LogP contribution in [-0.4, -0.2) is 29.4 Å². The highest BCUT2D eigenvalue weighted by atomic mass is 32.2. The fourth-order valence-corrected chi connectivity index (χ4v) is 1.95. The van der Waals surface area contributed by atoms with Crippen molar-refractivity contribution in [2.24, 2.45) is 0 Å². The standard InChI is InChI=1S/C12H15N3O4S/c1-17-6-11-14-10(15-19-11)5-13-12(16)9-4-3-8(18-9)7-20-2/h3-4H,5-7H2,1-2H3,(H,13,16). The minimum absolute atomic E-state index is 0.171. The highest BCUT2D eigenvalue weighted by molar-refractivity contribution is 7.97. The number of amides is 1. The molecule has 0 aliphatic heterocycles. The maximum atomic E-state index is 11.8.